The lowest BCUT2D eigenvalue weighted by atomic mass is 9.90. The van der Waals surface area contributed by atoms with Crippen molar-refractivity contribution < 1.29 is 9.90 Å². The molecule has 0 amide bonds. The Morgan fingerprint density at radius 1 is 1.62 bits per heavy atom. The van der Waals surface area contributed by atoms with Crippen molar-refractivity contribution in [2.24, 2.45) is 7.05 Å². The van der Waals surface area contributed by atoms with E-state index in [1.807, 2.05) is 0 Å². The molecule has 0 atom stereocenters. The highest BCUT2D eigenvalue weighted by Crippen LogP contribution is 2.20. The molecule has 1 aromatic heterocycles. The van der Waals surface area contributed by atoms with Gasteiger partial charge in [-0.15, -0.1) is 12.4 Å². The van der Waals surface area contributed by atoms with E-state index < -0.39 is 11.4 Å². The number of carbonyl (C=O) groups is 1. The molecule has 0 fully saturated rings. The summed E-state index contributed by atoms with van der Waals surface area (Å²) in [6.07, 6.45) is 1.74. The van der Waals surface area contributed by atoms with Gasteiger partial charge in [0.1, 0.15) is 5.41 Å². The molecule has 0 aliphatic rings. The first-order chi connectivity index (χ1) is 5.44. The third kappa shape index (κ3) is 2.21. The van der Waals surface area contributed by atoms with Gasteiger partial charge in [0.05, 0.1) is 5.69 Å². The predicted octanol–water partition coefficient (Wildman–Crippen LogP) is 1.20. The van der Waals surface area contributed by atoms with E-state index in [1.54, 1.807) is 37.8 Å². The maximum Gasteiger partial charge on any atom is 0.315 e. The van der Waals surface area contributed by atoms with Crippen LogP contribution in [-0.2, 0) is 17.3 Å². The van der Waals surface area contributed by atoms with Crippen LogP contribution in [0.4, 0.5) is 0 Å². The molecule has 0 radical (unpaired) electrons. The Balaban J connectivity index is 0.00000144. The fourth-order valence-electron chi connectivity index (χ4n) is 0.858. The summed E-state index contributed by atoms with van der Waals surface area (Å²) in [5, 5.41) is 12.9. The Bertz CT molecular complexity index is 307. The van der Waals surface area contributed by atoms with Gasteiger partial charge >= 0.3 is 5.97 Å². The molecule has 5 heteroatoms. The lowest BCUT2D eigenvalue weighted by Crippen LogP contribution is -2.29. The minimum absolute atomic E-state index is 0. The highest BCUT2D eigenvalue weighted by Gasteiger charge is 2.31. The summed E-state index contributed by atoms with van der Waals surface area (Å²) in [6, 6.07) is 1.72. The van der Waals surface area contributed by atoms with Gasteiger partial charge < -0.3 is 5.11 Å². The first-order valence-electron chi connectivity index (χ1n) is 3.68. The van der Waals surface area contributed by atoms with Crippen LogP contribution in [0.1, 0.15) is 19.5 Å². The van der Waals surface area contributed by atoms with Crippen molar-refractivity contribution in [2.75, 3.05) is 0 Å². The molecule has 0 aliphatic heterocycles. The van der Waals surface area contributed by atoms with Crippen LogP contribution >= 0.6 is 12.4 Å². The third-order valence-electron chi connectivity index (χ3n) is 1.89. The zero-order valence-corrected chi connectivity index (χ0v) is 8.63. The van der Waals surface area contributed by atoms with Crippen LogP contribution in [0.5, 0.6) is 0 Å². The van der Waals surface area contributed by atoms with Gasteiger partial charge in [0, 0.05) is 13.2 Å². The summed E-state index contributed by atoms with van der Waals surface area (Å²) in [5.74, 6) is -0.860. The SMILES string of the molecule is Cl.Cn1ccc(C(C)(C)C(=O)O)n1. The van der Waals surface area contributed by atoms with E-state index in [0.29, 0.717) is 5.69 Å². The molecule has 74 valence electrons. The van der Waals surface area contributed by atoms with E-state index in [4.69, 9.17) is 5.11 Å². The van der Waals surface area contributed by atoms with E-state index >= 15 is 0 Å². The molecule has 0 bridgehead atoms. The maximum absolute atomic E-state index is 10.8. The van der Waals surface area contributed by atoms with Crippen LogP contribution in [0.15, 0.2) is 12.3 Å². The van der Waals surface area contributed by atoms with Gasteiger partial charge in [-0.25, -0.2) is 0 Å². The van der Waals surface area contributed by atoms with E-state index in [2.05, 4.69) is 5.10 Å². The summed E-state index contributed by atoms with van der Waals surface area (Å²) in [6.45, 7) is 3.27. The zero-order chi connectivity index (χ0) is 9.35. The van der Waals surface area contributed by atoms with Crippen molar-refractivity contribution in [2.45, 2.75) is 19.3 Å². The van der Waals surface area contributed by atoms with E-state index in [-0.39, 0.29) is 12.4 Å². The largest absolute Gasteiger partial charge is 0.481 e. The van der Waals surface area contributed by atoms with E-state index in [9.17, 15) is 4.79 Å². The first kappa shape index (κ1) is 12.0. The highest BCUT2D eigenvalue weighted by atomic mass is 35.5. The fraction of sp³-hybridized carbons (Fsp3) is 0.500. The minimum Gasteiger partial charge on any atom is -0.481 e. The molecule has 1 N–H and O–H groups in total. The Kier molecular flexibility index (Phi) is 3.49. The molecular weight excluding hydrogens is 192 g/mol. The molecule has 1 aromatic rings. The zero-order valence-electron chi connectivity index (χ0n) is 7.81. The molecule has 0 spiro atoms. The molecule has 0 aliphatic carbocycles. The molecular formula is C8H13ClN2O2. The van der Waals surface area contributed by atoms with Crippen LogP contribution < -0.4 is 0 Å². The molecule has 13 heavy (non-hydrogen) atoms. The lowest BCUT2D eigenvalue weighted by molar-refractivity contribution is -0.142. The van der Waals surface area contributed by atoms with Crippen molar-refractivity contribution in [3.63, 3.8) is 0 Å². The average Bonchev–Trinajstić information content (AvgIpc) is 2.35. The van der Waals surface area contributed by atoms with Gasteiger partial charge in [-0.05, 0) is 19.9 Å². The Hall–Kier alpha value is -1.03. The van der Waals surface area contributed by atoms with Crippen molar-refractivity contribution in [1.82, 2.24) is 9.78 Å². The summed E-state index contributed by atoms with van der Waals surface area (Å²) >= 11 is 0. The standard InChI is InChI=1S/C8H12N2O2.ClH/c1-8(2,7(11)12)6-4-5-10(3)9-6;/h4-5H,1-3H3,(H,11,12);1H. The van der Waals surface area contributed by atoms with Gasteiger partial charge in [-0.2, -0.15) is 5.10 Å². The van der Waals surface area contributed by atoms with Gasteiger partial charge in [-0.1, -0.05) is 0 Å². The number of hydrogen-bond donors (Lipinski definition) is 1. The average molecular weight is 205 g/mol. The highest BCUT2D eigenvalue weighted by molar-refractivity contribution is 5.85. The topological polar surface area (TPSA) is 55.1 Å². The summed E-state index contributed by atoms with van der Waals surface area (Å²) in [7, 11) is 1.77. The van der Waals surface area contributed by atoms with Crippen LogP contribution in [0.25, 0.3) is 0 Å². The number of halogens is 1. The number of carboxylic acids is 1. The van der Waals surface area contributed by atoms with Gasteiger partial charge in [-0.3, -0.25) is 9.48 Å². The van der Waals surface area contributed by atoms with Gasteiger partial charge in [0.2, 0.25) is 0 Å². The number of carboxylic acid groups (broad SMARTS) is 1. The van der Waals surface area contributed by atoms with Crippen molar-refractivity contribution in [1.29, 1.82) is 0 Å². The third-order valence-corrected chi connectivity index (χ3v) is 1.89. The van der Waals surface area contributed by atoms with Crippen molar-refractivity contribution in [3.8, 4) is 0 Å². The van der Waals surface area contributed by atoms with Crippen LogP contribution in [0, 0.1) is 0 Å². The van der Waals surface area contributed by atoms with Crippen LogP contribution in [0.3, 0.4) is 0 Å². The second-order valence-electron chi connectivity index (χ2n) is 3.30. The summed E-state index contributed by atoms with van der Waals surface area (Å²) in [4.78, 5) is 10.8. The second-order valence-corrected chi connectivity index (χ2v) is 3.30. The Labute approximate surface area is 83.0 Å². The van der Waals surface area contributed by atoms with Crippen molar-refractivity contribution in [3.05, 3.63) is 18.0 Å². The van der Waals surface area contributed by atoms with Crippen molar-refractivity contribution >= 4 is 18.4 Å². The first-order valence-corrected chi connectivity index (χ1v) is 3.68. The lowest BCUT2D eigenvalue weighted by Gasteiger charge is -2.15. The quantitative estimate of drug-likeness (QED) is 0.788. The van der Waals surface area contributed by atoms with E-state index in [0.717, 1.165) is 0 Å². The molecule has 1 heterocycles. The number of rotatable bonds is 2. The van der Waals surface area contributed by atoms with Gasteiger partial charge in [0.25, 0.3) is 0 Å². The molecule has 0 saturated carbocycles. The normalized spacial score (nSPS) is 10.7. The summed E-state index contributed by atoms with van der Waals surface area (Å²) < 4.78 is 1.60. The minimum atomic E-state index is -0.902. The molecule has 0 unspecified atom stereocenters. The monoisotopic (exact) mass is 204 g/mol. The number of aryl methyl sites for hydroxylation is 1. The second kappa shape index (κ2) is 3.79. The van der Waals surface area contributed by atoms with E-state index in [1.165, 1.54) is 0 Å². The number of hydrogen-bond acceptors (Lipinski definition) is 2. The molecule has 4 nitrogen and oxygen atoms in total. The van der Waals surface area contributed by atoms with Gasteiger partial charge in [0.15, 0.2) is 0 Å². The summed E-state index contributed by atoms with van der Waals surface area (Å²) in [5.41, 5.74) is -0.321. The molecule has 0 saturated heterocycles. The fourth-order valence-corrected chi connectivity index (χ4v) is 0.858. The number of aliphatic carboxylic acids is 1. The molecule has 0 aromatic carbocycles. The smallest absolute Gasteiger partial charge is 0.315 e. The maximum atomic E-state index is 10.8. The predicted molar refractivity (Wildman–Crippen MR) is 51.1 cm³/mol. The number of nitrogens with zero attached hydrogens (tertiary/aromatic N) is 2. The number of aromatic nitrogens is 2. The Morgan fingerprint density at radius 3 is 2.46 bits per heavy atom. The van der Waals surface area contributed by atoms with Crippen LogP contribution in [0.2, 0.25) is 0 Å². The van der Waals surface area contributed by atoms with Crippen LogP contribution in [-0.4, -0.2) is 20.9 Å². The Morgan fingerprint density at radius 2 is 2.15 bits per heavy atom. The molecule has 1 rings (SSSR count).